The maximum Gasteiger partial charge on any atom is 0.159 e. The monoisotopic (exact) mass is 309 g/mol. The molecule has 23 heavy (non-hydrogen) atoms. The summed E-state index contributed by atoms with van der Waals surface area (Å²) in [5.41, 5.74) is 4.53. The molecule has 0 aliphatic carbocycles. The van der Waals surface area contributed by atoms with Gasteiger partial charge in [0.15, 0.2) is 5.78 Å². The number of hydrogen-bond acceptors (Lipinski definition) is 2. The first-order valence-corrected chi connectivity index (χ1v) is 7.96. The smallest absolute Gasteiger partial charge is 0.159 e. The summed E-state index contributed by atoms with van der Waals surface area (Å²) >= 11 is 0. The minimum Gasteiger partial charge on any atom is -0.316 e. The van der Waals surface area contributed by atoms with E-state index in [1.165, 1.54) is 11.6 Å². The van der Waals surface area contributed by atoms with Gasteiger partial charge in [0.1, 0.15) is 5.82 Å². The van der Waals surface area contributed by atoms with Gasteiger partial charge in [0.05, 0.1) is 0 Å². The maximum atomic E-state index is 14.4. The molecule has 1 fully saturated rings. The first kappa shape index (κ1) is 15.6. The second-order valence-electron chi connectivity index (χ2n) is 5.84. The number of piperidine rings is 1. The fraction of sp³-hybridized carbons (Fsp3) is 0.250. The highest BCUT2D eigenvalue weighted by atomic mass is 19.1. The summed E-state index contributed by atoms with van der Waals surface area (Å²) in [5.74, 6) is -0.164. The Kier molecular flexibility index (Phi) is 4.68. The molecule has 1 N–H and O–H groups in total. The lowest BCUT2D eigenvalue weighted by atomic mass is 9.88. The third-order valence-corrected chi connectivity index (χ3v) is 4.28. The number of Topliss-reactive ketones (excluding diaryl/α,β-unsaturated/α-hetero) is 1. The van der Waals surface area contributed by atoms with Crippen LogP contribution in [0.5, 0.6) is 0 Å². The molecule has 3 rings (SSSR count). The molecule has 0 unspecified atom stereocenters. The zero-order valence-corrected chi connectivity index (χ0v) is 13.2. The average molecular weight is 309 g/mol. The molecule has 2 nitrogen and oxygen atoms in total. The first-order valence-electron chi connectivity index (χ1n) is 7.96. The molecule has 1 heterocycles. The van der Waals surface area contributed by atoms with Crippen molar-refractivity contribution < 1.29 is 9.18 Å². The Labute approximate surface area is 136 Å². The van der Waals surface area contributed by atoms with Crippen LogP contribution in [0.15, 0.2) is 54.1 Å². The number of nitrogens with one attached hydrogen (secondary N) is 1. The molecule has 2 aromatic carbocycles. The molecule has 0 spiro atoms. The highest BCUT2D eigenvalue weighted by Crippen LogP contribution is 2.32. The van der Waals surface area contributed by atoms with E-state index in [9.17, 15) is 9.18 Å². The van der Waals surface area contributed by atoms with Gasteiger partial charge in [-0.1, -0.05) is 48.0 Å². The second-order valence-corrected chi connectivity index (χ2v) is 5.84. The molecule has 1 aliphatic rings. The van der Waals surface area contributed by atoms with E-state index in [-0.39, 0.29) is 11.6 Å². The van der Waals surface area contributed by atoms with Crippen molar-refractivity contribution in [2.45, 2.75) is 19.8 Å². The van der Waals surface area contributed by atoms with Crippen LogP contribution in [0.4, 0.5) is 4.39 Å². The van der Waals surface area contributed by atoms with Crippen LogP contribution in [-0.2, 0) is 0 Å². The van der Waals surface area contributed by atoms with Crippen LogP contribution < -0.4 is 5.32 Å². The first-order chi connectivity index (χ1) is 11.2. The lowest BCUT2D eigenvalue weighted by molar-refractivity contribution is 0.101. The number of hydrogen-bond donors (Lipinski definition) is 1. The van der Waals surface area contributed by atoms with Crippen LogP contribution in [0.3, 0.4) is 0 Å². The Balaban J connectivity index is 2.12. The molecule has 118 valence electrons. The van der Waals surface area contributed by atoms with Gasteiger partial charge in [-0.25, -0.2) is 4.39 Å². The molecule has 2 aromatic rings. The molecule has 0 amide bonds. The minimum absolute atomic E-state index is 0.0403. The molecule has 1 saturated heterocycles. The van der Waals surface area contributed by atoms with Crippen LogP contribution in [0.2, 0.25) is 0 Å². The van der Waals surface area contributed by atoms with Gasteiger partial charge in [-0.3, -0.25) is 4.79 Å². The largest absolute Gasteiger partial charge is 0.316 e. The quantitative estimate of drug-likeness (QED) is 0.860. The van der Waals surface area contributed by atoms with Crippen LogP contribution in [-0.4, -0.2) is 18.9 Å². The lowest BCUT2D eigenvalue weighted by Crippen LogP contribution is -2.24. The standard InChI is InChI=1S/C20H20FNO/c1-14(23)15-6-8-16(9-7-15)20(17-10-12-22-13-11-17)18-4-2-3-5-19(18)21/h2-9,22H,10-13H2,1H3. The Morgan fingerprint density at radius 1 is 0.957 bits per heavy atom. The Morgan fingerprint density at radius 3 is 2.17 bits per heavy atom. The summed E-state index contributed by atoms with van der Waals surface area (Å²) in [7, 11) is 0. The number of ketones is 1. The van der Waals surface area contributed by atoms with Crippen molar-refractivity contribution in [1.29, 1.82) is 0 Å². The third kappa shape index (κ3) is 3.40. The van der Waals surface area contributed by atoms with Crippen molar-refractivity contribution in [1.82, 2.24) is 5.32 Å². The van der Waals surface area contributed by atoms with Gasteiger partial charge in [-0.2, -0.15) is 0 Å². The number of benzene rings is 2. The van der Waals surface area contributed by atoms with Crippen molar-refractivity contribution in [2.24, 2.45) is 0 Å². The summed E-state index contributed by atoms with van der Waals surface area (Å²) < 4.78 is 14.4. The fourth-order valence-corrected chi connectivity index (χ4v) is 3.06. The summed E-state index contributed by atoms with van der Waals surface area (Å²) in [6, 6.07) is 14.4. The van der Waals surface area contributed by atoms with Crippen molar-refractivity contribution >= 4 is 11.4 Å². The predicted octanol–water partition coefficient (Wildman–Crippen LogP) is 4.21. The molecule has 0 radical (unpaired) electrons. The van der Waals surface area contributed by atoms with E-state index in [0.717, 1.165) is 37.1 Å². The molecule has 0 aromatic heterocycles. The highest BCUT2D eigenvalue weighted by Gasteiger charge is 2.17. The Bertz CT molecular complexity index is 738. The average Bonchev–Trinajstić information content (AvgIpc) is 2.58. The fourth-order valence-electron chi connectivity index (χ4n) is 3.06. The number of carbonyl (C=O) groups is 1. The van der Waals surface area contributed by atoms with Gasteiger partial charge in [0.2, 0.25) is 0 Å². The van der Waals surface area contributed by atoms with E-state index in [4.69, 9.17) is 0 Å². The molecule has 0 bridgehead atoms. The molecular formula is C20H20FNO. The van der Waals surface area contributed by atoms with Crippen molar-refractivity contribution in [3.05, 3.63) is 76.6 Å². The van der Waals surface area contributed by atoms with Gasteiger partial charge < -0.3 is 5.32 Å². The van der Waals surface area contributed by atoms with Gasteiger partial charge in [-0.05, 0) is 50.1 Å². The van der Waals surface area contributed by atoms with E-state index >= 15 is 0 Å². The zero-order valence-electron chi connectivity index (χ0n) is 13.2. The van der Waals surface area contributed by atoms with E-state index in [1.807, 2.05) is 36.4 Å². The van der Waals surface area contributed by atoms with Crippen LogP contribution in [0, 0.1) is 5.82 Å². The normalized spacial score (nSPS) is 14.6. The Morgan fingerprint density at radius 2 is 1.57 bits per heavy atom. The van der Waals surface area contributed by atoms with E-state index in [1.54, 1.807) is 13.0 Å². The van der Waals surface area contributed by atoms with Crippen molar-refractivity contribution in [3.63, 3.8) is 0 Å². The number of rotatable bonds is 3. The van der Waals surface area contributed by atoms with E-state index < -0.39 is 0 Å². The van der Waals surface area contributed by atoms with Crippen LogP contribution in [0.1, 0.15) is 41.3 Å². The summed E-state index contributed by atoms with van der Waals surface area (Å²) in [6.07, 6.45) is 1.83. The van der Waals surface area contributed by atoms with Gasteiger partial charge in [0.25, 0.3) is 0 Å². The third-order valence-electron chi connectivity index (χ3n) is 4.28. The summed E-state index contributed by atoms with van der Waals surface area (Å²) in [5, 5.41) is 3.34. The van der Waals surface area contributed by atoms with Gasteiger partial charge >= 0.3 is 0 Å². The molecule has 0 atom stereocenters. The lowest BCUT2D eigenvalue weighted by Gasteiger charge is -2.21. The molecular weight excluding hydrogens is 289 g/mol. The van der Waals surface area contributed by atoms with Gasteiger partial charge in [-0.15, -0.1) is 0 Å². The molecule has 3 heteroatoms. The van der Waals surface area contributed by atoms with E-state index in [0.29, 0.717) is 11.1 Å². The van der Waals surface area contributed by atoms with Gasteiger partial charge in [0, 0.05) is 11.1 Å². The Hall–Kier alpha value is -2.26. The number of carbonyl (C=O) groups excluding carboxylic acids is 1. The van der Waals surface area contributed by atoms with Crippen molar-refractivity contribution in [2.75, 3.05) is 13.1 Å². The SMILES string of the molecule is CC(=O)c1ccc(C(=C2CCNCC2)c2ccccc2F)cc1. The van der Waals surface area contributed by atoms with Crippen LogP contribution in [0.25, 0.3) is 5.57 Å². The van der Waals surface area contributed by atoms with E-state index in [2.05, 4.69) is 5.32 Å². The number of halogens is 1. The summed E-state index contributed by atoms with van der Waals surface area (Å²) in [4.78, 5) is 11.5. The molecule has 0 saturated carbocycles. The van der Waals surface area contributed by atoms with Crippen molar-refractivity contribution in [3.8, 4) is 0 Å². The second kappa shape index (κ2) is 6.88. The summed E-state index contributed by atoms with van der Waals surface area (Å²) in [6.45, 7) is 3.38. The maximum absolute atomic E-state index is 14.4. The highest BCUT2D eigenvalue weighted by molar-refractivity contribution is 5.94. The molecule has 1 aliphatic heterocycles. The predicted molar refractivity (Wildman–Crippen MR) is 91.0 cm³/mol. The topological polar surface area (TPSA) is 29.1 Å². The zero-order chi connectivity index (χ0) is 16.2. The van der Waals surface area contributed by atoms with Crippen LogP contribution >= 0.6 is 0 Å². The minimum atomic E-state index is -0.204.